The van der Waals surface area contributed by atoms with Gasteiger partial charge in [0.15, 0.2) is 0 Å². The van der Waals surface area contributed by atoms with E-state index in [1.54, 1.807) is 0 Å². The van der Waals surface area contributed by atoms with Gasteiger partial charge < -0.3 is 18.9 Å². The Morgan fingerprint density at radius 1 is 0.282 bits per heavy atom. The van der Waals surface area contributed by atoms with Crippen LogP contribution in [0.25, 0.3) is 40.4 Å². The molecule has 0 spiro atoms. The van der Waals surface area contributed by atoms with Crippen LogP contribution in [0.4, 0.5) is 34.6 Å². The lowest BCUT2D eigenvalue weighted by atomic mass is 10.0. The van der Waals surface area contributed by atoms with Gasteiger partial charge in [0.25, 0.3) is 0 Å². The molecule has 0 amide bonds. The van der Waals surface area contributed by atoms with Crippen LogP contribution in [0.3, 0.4) is 0 Å². The molecule has 530 valence electrons. The Labute approximate surface area is 603 Å². The van der Waals surface area contributed by atoms with Crippen molar-refractivity contribution >= 4 is 58.5 Å². The normalized spacial score (nSPS) is 11.0. The fourth-order valence-electron chi connectivity index (χ4n) is 12.2. The van der Waals surface area contributed by atoms with E-state index in [0.717, 1.165) is 168 Å². The third-order valence-corrected chi connectivity index (χ3v) is 17.7. The summed E-state index contributed by atoms with van der Waals surface area (Å²) in [5, 5.41) is 30.8. The van der Waals surface area contributed by atoms with Crippen LogP contribution in [-0.4, -0.2) is 94.6 Å². The van der Waals surface area contributed by atoms with Gasteiger partial charge in [-0.2, -0.15) is 0 Å². The highest BCUT2D eigenvalue weighted by molar-refractivity contribution is 5.83. The van der Waals surface area contributed by atoms with E-state index in [1.165, 1.54) is 46.6 Å². The first kappa shape index (κ1) is 74.1. The fraction of sp³-hybridized carbons (Fsp3) is 0.286. The molecule has 0 atom stereocenters. The van der Waals surface area contributed by atoms with Gasteiger partial charge in [-0.15, -0.1) is 30.6 Å². The minimum absolute atomic E-state index is 0.382. The number of benzene rings is 7. The molecule has 103 heavy (non-hydrogen) atoms. The lowest BCUT2D eigenvalue weighted by molar-refractivity contribution is -0.138. The van der Waals surface area contributed by atoms with Crippen molar-refractivity contribution in [1.82, 2.24) is 44.3 Å². The van der Waals surface area contributed by atoms with Gasteiger partial charge in [0.1, 0.15) is 0 Å². The zero-order valence-electron chi connectivity index (χ0n) is 58.7. The molecule has 0 unspecified atom stereocenters. The third-order valence-electron chi connectivity index (χ3n) is 17.7. The molecule has 7 aromatic carbocycles. The van der Waals surface area contributed by atoms with Crippen LogP contribution in [0.2, 0.25) is 0 Å². The average Bonchev–Trinajstić information content (AvgIpc) is 1.61. The Balaban J connectivity index is 1.03. The number of unbranched alkanes of at least 4 members (excludes halogenated alkanes) is 12. The van der Waals surface area contributed by atoms with Crippen molar-refractivity contribution < 1.29 is 38.1 Å². The second kappa shape index (κ2) is 39.4. The summed E-state index contributed by atoms with van der Waals surface area (Å²) in [6.45, 7) is 15.5. The van der Waals surface area contributed by atoms with Crippen molar-refractivity contribution in [2.45, 2.75) is 128 Å². The summed E-state index contributed by atoms with van der Waals surface area (Å²) in [6.07, 6.45) is 23.2. The van der Waals surface area contributed by atoms with E-state index in [-0.39, 0.29) is 0 Å². The smallest absolute Gasteiger partial charge is 0.330 e. The number of hydrogen-bond acceptors (Lipinski definition) is 16. The van der Waals surface area contributed by atoms with Crippen molar-refractivity contribution in [3.05, 3.63) is 261 Å². The molecular formula is C84H91N11O8. The van der Waals surface area contributed by atoms with E-state index in [0.29, 0.717) is 61.6 Å². The SMILES string of the molecule is C=CC(=O)OCCCCCCc1ccc(N(c2ccc(CCCCCCOC(=O)C=C)cc2)c2nnc(-c3nnc(-c4nnc(N(c5ccc(CCCCCCOC(=O)C=C)cc5)c5ccc(CCCCCCOC(=O)C=C)cc5)n4-c4ccccc4)n3-c3ccccc3)n2-c2ccccc2)cc1. The zero-order chi connectivity index (χ0) is 71.8. The van der Waals surface area contributed by atoms with Gasteiger partial charge in [-0.05, 0) is 184 Å². The highest BCUT2D eigenvalue weighted by Gasteiger charge is 2.32. The summed E-state index contributed by atoms with van der Waals surface area (Å²) in [5.74, 6) is 1.05. The number of aryl methyl sites for hydroxylation is 4. The average molecular weight is 1380 g/mol. The van der Waals surface area contributed by atoms with Crippen molar-refractivity contribution in [2.75, 3.05) is 36.2 Å². The molecule has 19 heteroatoms. The molecule has 0 aliphatic rings. The predicted octanol–water partition coefficient (Wildman–Crippen LogP) is 18.0. The van der Waals surface area contributed by atoms with E-state index in [2.05, 4.69) is 133 Å². The molecule has 10 rings (SSSR count). The molecule has 0 aliphatic carbocycles. The van der Waals surface area contributed by atoms with Crippen LogP contribution in [0.15, 0.2) is 239 Å². The number of carbonyl (C=O) groups excluding carboxylic acids is 4. The lowest BCUT2D eigenvalue weighted by Gasteiger charge is -2.25. The van der Waals surface area contributed by atoms with E-state index in [4.69, 9.17) is 49.5 Å². The molecule has 3 heterocycles. The first-order chi connectivity index (χ1) is 50.6. The Kier molecular flexibility index (Phi) is 28.4. The summed E-state index contributed by atoms with van der Waals surface area (Å²) in [5.41, 5.74) is 10.6. The van der Waals surface area contributed by atoms with Crippen molar-refractivity contribution in [3.63, 3.8) is 0 Å². The van der Waals surface area contributed by atoms with E-state index < -0.39 is 23.9 Å². The number of aromatic nitrogens is 9. The number of anilines is 6. The Hall–Kier alpha value is -11.6. The van der Waals surface area contributed by atoms with Gasteiger partial charge in [0.05, 0.1) is 37.8 Å². The summed E-state index contributed by atoms with van der Waals surface area (Å²) in [4.78, 5) is 50.6. The predicted molar refractivity (Wildman–Crippen MR) is 405 cm³/mol. The summed E-state index contributed by atoms with van der Waals surface area (Å²) in [7, 11) is 0. The standard InChI is InChI=1S/C84H91N11O8/c1-5-75(96)100-60-30-13-9-20-34-64-44-52-71(53-45-64)91(72-54-46-65(47-55-72)35-21-10-14-31-61-101-76(97)6-2)83-89-87-81(94(83)69-40-26-18-27-41-69)79-85-86-80(93(79)68-38-24-17-25-39-68)82-88-90-84(95(82)70-42-28-19-29-43-70)92(73-56-48-66(49-57-73)36-22-11-15-32-62-102-77(98)7-3)74-58-50-67(51-59-74)37-23-12-16-33-63-103-78(99)8-4/h5-8,17-19,24-29,38-59H,1-4,9-16,20-23,30-37,60-63H2. The van der Waals surface area contributed by atoms with Crippen LogP contribution in [-0.2, 0) is 63.8 Å². The first-order valence-electron chi connectivity index (χ1n) is 35.8. The van der Waals surface area contributed by atoms with Crippen molar-refractivity contribution in [1.29, 1.82) is 0 Å². The second-order valence-electron chi connectivity index (χ2n) is 25.0. The number of nitrogens with zero attached hydrogens (tertiary/aromatic N) is 11. The number of ether oxygens (including phenoxy) is 4. The molecule has 0 aliphatic heterocycles. The molecular weight excluding hydrogens is 1290 g/mol. The molecule has 3 aromatic heterocycles. The quantitative estimate of drug-likeness (QED) is 0.0151. The van der Waals surface area contributed by atoms with Crippen molar-refractivity contribution in [2.24, 2.45) is 0 Å². The van der Waals surface area contributed by atoms with Crippen LogP contribution in [0.1, 0.15) is 125 Å². The fourth-order valence-corrected chi connectivity index (χ4v) is 12.2. The van der Waals surface area contributed by atoms with Gasteiger partial charge >= 0.3 is 23.9 Å². The molecule has 10 aromatic rings. The van der Waals surface area contributed by atoms with Gasteiger partial charge in [0, 0.05) is 52.7 Å². The summed E-state index contributed by atoms with van der Waals surface area (Å²) >= 11 is 0. The Bertz CT molecular complexity index is 3930. The van der Waals surface area contributed by atoms with Crippen LogP contribution < -0.4 is 9.80 Å². The van der Waals surface area contributed by atoms with Crippen LogP contribution >= 0.6 is 0 Å². The number of carbonyl (C=O) groups is 4. The van der Waals surface area contributed by atoms with E-state index in [9.17, 15) is 19.2 Å². The maximum atomic E-state index is 11.6. The molecule has 0 radical (unpaired) electrons. The summed E-state index contributed by atoms with van der Waals surface area (Å²) < 4.78 is 26.9. The second-order valence-corrected chi connectivity index (χ2v) is 25.0. The molecule has 19 nitrogen and oxygen atoms in total. The van der Waals surface area contributed by atoms with Gasteiger partial charge in [-0.3, -0.25) is 23.5 Å². The summed E-state index contributed by atoms with van der Waals surface area (Å²) in [6, 6.07) is 64.5. The van der Waals surface area contributed by atoms with Crippen LogP contribution in [0.5, 0.6) is 0 Å². The number of rotatable bonds is 43. The van der Waals surface area contributed by atoms with Gasteiger partial charge in [-0.25, -0.2) is 19.2 Å². The minimum atomic E-state index is -0.397. The highest BCUT2D eigenvalue weighted by Crippen LogP contribution is 2.41. The van der Waals surface area contributed by atoms with Crippen molar-refractivity contribution in [3.8, 4) is 40.4 Å². The monoisotopic (exact) mass is 1380 g/mol. The van der Waals surface area contributed by atoms with Crippen LogP contribution in [0, 0.1) is 0 Å². The third kappa shape index (κ3) is 21.0. The highest BCUT2D eigenvalue weighted by atomic mass is 16.5. The lowest BCUT2D eigenvalue weighted by Crippen LogP contribution is -2.16. The maximum Gasteiger partial charge on any atom is 0.330 e. The molecule has 0 fully saturated rings. The first-order valence-corrected chi connectivity index (χ1v) is 35.8. The topological polar surface area (TPSA) is 204 Å². The number of para-hydroxylation sites is 3. The van der Waals surface area contributed by atoms with E-state index in [1.807, 2.05) is 105 Å². The Morgan fingerprint density at radius 2 is 0.505 bits per heavy atom. The number of hydrogen-bond donors (Lipinski definition) is 0. The maximum absolute atomic E-state index is 11.6. The molecule has 0 saturated heterocycles. The zero-order valence-corrected chi connectivity index (χ0v) is 58.7. The minimum Gasteiger partial charge on any atom is -0.463 e. The molecule has 0 bridgehead atoms. The Morgan fingerprint density at radius 3 is 0.757 bits per heavy atom. The largest absolute Gasteiger partial charge is 0.463 e. The molecule has 0 N–H and O–H groups in total. The van der Waals surface area contributed by atoms with Gasteiger partial charge in [-0.1, -0.05) is 181 Å². The van der Waals surface area contributed by atoms with Gasteiger partial charge in [0.2, 0.25) is 35.2 Å². The molecule has 0 saturated carbocycles. The van der Waals surface area contributed by atoms with E-state index >= 15 is 0 Å². The number of esters is 4.